The molecule has 0 heterocycles. The lowest BCUT2D eigenvalue weighted by molar-refractivity contribution is 0.410. The molecule has 4 heteroatoms. The Morgan fingerprint density at radius 3 is 2.59 bits per heavy atom. The molecule has 17 heavy (non-hydrogen) atoms. The van der Waals surface area contributed by atoms with Gasteiger partial charge in [-0.05, 0) is 26.8 Å². The van der Waals surface area contributed by atoms with Crippen LogP contribution in [0.5, 0.6) is 5.75 Å². The average molecular weight is 235 g/mol. The summed E-state index contributed by atoms with van der Waals surface area (Å²) in [5.74, 6) is 1.28. The van der Waals surface area contributed by atoms with E-state index in [0.29, 0.717) is 12.5 Å². The predicted octanol–water partition coefficient (Wildman–Crippen LogP) is 1.90. The maximum Gasteiger partial charge on any atom is 0.189 e. The number of para-hydroxylation sites is 1. The minimum Gasteiger partial charge on any atom is -0.496 e. The molecule has 0 saturated carbocycles. The van der Waals surface area contributed by atoms with Gasteiger partial charge in [-0.1, -0.05) is 18.2 Å². The maximum absolute atomic E-state index is 5.80. The monoisotopic (exact) mass is 235 g/mol. The lowest BCUT2D eigenvalue weighted by Gasteiger charge is -2.21. The highest BCUT2D eigenvalue weighted by Crippen LogP contribution is 2.17. The summed E-state index contributed by atoms with van der Waals surface area (Å²) in [5.41, 5.74) is 6.74. The standard InChI is InChI=1S/C13H21N3O/c1-13(2,3)16-12(14)15-9-10-7-5-6-8-11(10)17-4/h5-8H,9H2,1-4H3,(H3,14,15,16). The van der Waals surface area contributed by atoms with Gasteiger partial charge in [0.25, 0.3) is 0 Å². The molecule has 0 aliphatic heterocycles. The van der Waals surface area contributed by atoms with Crippen molar-refractivity contribution in [3.05, 3.63) is 29.8 Å². The van der Waals surface area contributed by atoms with Gasteiger partial charge in [-0.15, -0.1) is 0 Å². The van der Waals surface area contributed by atoms with E-state index in [1.807, 2.05) is 45.0 Å². The van der Waals surface area contributed by atoms with Gasteiger partial charge < -0.3 is 15.8 Å². The number of nitrogens with zero attached hydrogens (tertiary/aromatic N) is 1. The summed E-state index contributed by atoms with van der Waals surface area (Å²) in [7, 11) is 1.65. The first kappa shape index (κ1) is 13.4. The topological polar surface area (TPSA) is 59.6 Å². The van der Waals surface area contributed by atoms with E-state index in [2.05, 4.69) is 10.3 Å². The zero-order chi connectivity index (χ0) is 12.9. The third-order valence-electron chi connectivity index (χ3n) is 2.12. The normalized spacial score (nSPS) is 12.4. The Hall–Kier alpha value is -1.71. The van der Waals surface area contributed by atoms with E-state index in [-0.39, 0.29) is 5.54 Å². The van der Waals surface area contributed by atoms with E-state index in [1.165, 1.54) is 0 Å². The van der Waals surface area contributed by atoms with Crippen LogP contribution >= 0.6 is 0 Å². The van der Waals surface area contributed by atoms with Gasteiger partial charge in [0.15, 0.2) is 5.96 Å². The number of nitrogens with one attached hydrogen (secondary N) is 1. The maximum atomic E-state index is 5.80. The number of aliphatic imine (C=N–C) groups is 1. The molecular formula is C13H21N3O. The Labute approximate surface area is 103 Å². The molecule has 0 amide bonds. The summed E-state index contributed by atoms with van der Waals surface area (Å²) in [6.07, 6.45) is 0. The fourth-order valence-corrected chi connectivity index (χ4v) is 1.43. The number of guanidine groups is 1. The number of nitrogens with two attached hydrogens (primary N) is 1. The van der Waals surface area contributed by atoms with Gasteiger partial charge in [-0.25, -0.2) is 4.99 Å². The van der Waals surface area contributed by atoms with Gasteiger partial charge in [-0.3, -0.25) is 0 Å². The summed E-state index contributed by atoms with van der Waals surface area (Å²) >= 11 is 0. The van der Waals surface area contributed by atoms with Gasteiger partial charge in [-0.2, -0.15) is 0 Å². The third-order valence-corrected chi connectivity index (χ3v) is 2.12. The van der Waals surface area contributed by atoms with Gasteiger partial charge in [0.1, 0.15) is 5.75 Å². The van der Waals surface area contributed by atoms with Crippen molar-refractivity contribution >= 4 is 5.96 Å². The Morgan fingerprint density at radius 2 is 2.00 bits per heavy atom. The van der Waals surface area contributed by atoms with Gasteiger partial charge in [0, 0.05) is 11.1 Å². The first-order chi connectivity index (χ1) is 7.92. The lowest BCUT2D eigenvalue weighted by Crippen LogP contribution is -2.44. The summed E-state index contributed by atoms with van der Waals surface area (Å²) in [6.45, 7) is 6.63. The molecule has 3 N–H and O–H groups in total. The molecule has 0 bridgehead atoms. The van der Waals surface area contributed by atoms with Crippen molar-refractivity contribution in [2.45, 2.75) is 32.9 Å². The van der Waals surface area contributed by atoms with E-state index in [9.17, 15) is 0 Å². The Morgan fingerprint density at radius 1 is 1.35 bits per heavy atom. The van der Waals surface area contributed by atoms with E-state index in [0.717, 1.165) is 11.3 Å². The molecule has 1 rings (SSSR count). The molecule has 0 unspecified atom stereocenters. The Bertz CT molecular complexity index is 394. The molecule has 4 nitrogen and oxygen atoms in total. The van der Waals surface area contributed by atoms with Crippen LogP contribution in [0.25, 0.3) is 0 Å². The summed E-state index contributed by atoms with van der Waals surface area (Å²) < 4.78 is 5.25. The molecule has 0 saturated heterocycles. The molecule has 1 aromatic rings. The number of hydrogen-bond donors (Lipinski definition) is 2. The molecule has 0 fully saturated rings. The third kappa shape index (κ3) is 4.76. The highest BCUT2D eigenvalue weighted by Gasteiger charge is 2.09. The molecule has 0 radical (unpaired) electrons. The number of rotatable bonds is 3. The van der Waals surface area contributed by atoms with Crippen molar-refractivity contribution in [1.29, 1.82) is 0 Å². The smallest absolute Gasteiger partial charge is 0.189 e. The van der Waals surface area contributed by atoms with Crippen LogP contribution in [0, 0.1) is 0 Å². The highest BCUT2D eigenvalue weighted by molar-refractivity contribution is 5.78. The van der Waals surface area contributed by atoms with Crippen LogP contribution in [-0.4, -0.2) is 18.6 Å². The second-order valence-electron chi connectivity index (χ2n) is 4.89. The van der Waals surface area contributed by atoms with Crippen molar-refractivity contribution in [2.24, 2.45) is 10.7 Å². The van der Waals surface area contributed by atoms with Crippen molar-refractivity contribution in [2.75, 3.05) is 7.11 Å². The van der Waals surface area contributed by atoms with Crippen LogP contribution in [0.4, 0.5) is 0 Å². The molecular weight excluding hydrogens is 214 g/mol. The molecule has 94 valence electrons. The zero-order valence-electron chi connectivity index (χ0n) is 10.9. The average Bonchev–Trinajstić information content (AvgIpc) is 2.24. The number of hydrogen-bond acceptors (Lipinski definition) is 2. The van der Waals surface area contributed by atoms with Crippen LogP contribution in [-0.2, 0) is 6.54 Å². The van der Waals surface area contributed by atoms with Crippen LogP contribution in [0.2, 0.25) is 0 Å². The minimum absolute atomic E-state index is 0.0750. The number of benzene rings is 1. The fourth-order valence-electron chi connectivity index (χ4n) is 1.43. The van der Waals surface area contributed by atoms with E-state index < -0.39 is 0 Å². The van der Waals surface area contributed by atoms with Crippen molar-refractivity contribution in [3.8, 4) is 5.75 Å². The van der Waals surface area contributed by atoms with Gasteiger partial charge >= 0.3 is 0 Å². The fraction of sp³-hybridized carbons (Fsp3) is 0.462. The summed E-state index contributed by atoms with van der Waals surface area (Å²) in [5, 5.41) is 3.11. The lowest BCUT2D eigenvalue weighted by atomic mass is 10.1. The molecule has 0 spiro atoms. The van der Waals surface area contributed by atoms with Gasteiger partial charge in [0.2, 0.25) is 0 Å². The minimum atomic E-state index is -0.0750. The van der Waals surface area contributed by atoms with Crippen LogP contribution in [0.3, 0.4) is 0 Å². The van der Waals surface area contributed by atoms with Crippen LogP contribution in [0.15, 0.2) is 29.3 Å². The first-order valence-electron chi connectivity index (χ1n) is 5.62. The Kier molecular flexibility index (Phi) is 4.37. The number of ether oxygens (including phenoxy) is 1. The quantitative estimate of drug-likeness (QED) is 0.621. The van der Waals surface area contributed by atoms with E-state index >= 15 is 0 Å². The second-order valence-corrected chi connectivity index (χ2v) is 4.89. The molecule has 1 aromatic carbocycles. The second kappa shape index (κ2) is 5.57. The van der Waals surface area contributed by atoms with Gasteiger partial charge in [0.05, 0.1) is 13.7 Å². The summed E-state index contributed by atoms with van der Waals surface area (Å²) in [4.78, 5) is 4.29. The van der Waals surface area contributed by atoms with Crippen molar-refractivity contribution in [1.82, 2.24) is 5.32 Å². The largest absolute Gasteiger partial charge is 0.496 e. The zero-order valence-corrected chi connectivity index (χ0v) is 10.9. The highest BCUT2D eigenvalue weighted by atomic mass is 16.5. The van der Waals surface area contributed by atoms with Crippen LogP contribution < -0.4 is 15.8 Å². The molecule has 0 aliphatic rings. The predicted molar refractivity (Wildman–Crippen MR) is 71.2 cm³/mol. The first-order valence-corrected chi connectivity index (χ1v) is 5.62. The van der Waals surface area contributed by atoms with E-state index in [4.69, 9.17) is 10.5 Å². The molecule has 0 atom stereocenters. The van der Waals surface area contributed by atoms with Crippen LogP contribution in [0.1, 0.15) is 26.3 Å². The summed E-state index contributed by atoms with van der Waals surface area (Å²) in [6, 6.07) is 7.79. The molecule has 0 aliphatic carbocycles. The molecule has 0 aromatic heterocycles. The van der Waals surface area contributed by atoms with Crippen molar-refractivity contribution < 1.29 is 4.74 Å². The Balaban J connectivity index is 2.69. The van der Waals surface area contributed by atoms with Crippen molar-refractivity contribution in [3.63, 3.8) is 0 Å². The SMILES string of the molecule is COc1ccccc1CN=C(N)NC(C)(C)C. The number of methoxy groups -OCH3 is 1. The van der Waals surface area contributed by atoms with E-state index in [1.54, 1.807) is 7.11 Å².